The molecule has 130 valence electrons. The summed E-state index contributed by atoms with van der Waals surface area (Å²) < 4.78 is 2.16. The number of aromatic nitrogens is 2. The van der Waals surface area contributed by atoms with Gasteiger partial charge in [0.05, 0.1) is 5.69 Å². The molecule has 0 aliphatic rings. The van der Waals surface area contributed by atoms with Crippen LogP contribution in [0, 0.1) is 6.92 Å². The van der Waals surface area contributed by atoms with E-state index in [1.807, 2.05) is 6.07 Å². The summed E-state index contributed by atoms with van der Waals surface area (Å²) in [6, 6.07) is 25.3. The van der Waals surface area contributed by atoms with Crippen molar-refractivity contribution >= 4 is 11.5 Å². The summed E-state index contributed by atoms with van der Waals surface area (Å²) in [7, 11) is 0. The third-order valence-corrected chi connectivity index (χ3v) is 4.82. The van der Waals surface area contributed by atoms with Crippen molar-refractivity contribution < 1.29 is 0 Å². The summed E-state index contributed by atoms with van der Waals surface area (Å²) in [5.41, 5.74) is 5.82. The summed E-state index contributed by atoms with van der Waals surface area (Å²) >= 11 is 0. The number of imidazole rings is 1. The van der Waals surface area contributed by atoms with E-state index in [1.165, 1.54) is 16.7 Å². The first kappa shape index (κ1) is 16.4. The Morgan fingerprint density at radius 2 is 1.65 bits per heavy atom. The maximum atomic E-state index is 4.96. The molecule has 3 nitrogen and oxygen atoms in total. The lowest BCUT2D eigenvalue weighted by Crippen LogP contribution is -2.06. The lowest BCUT2D eigenvalue weighted by atomic mass is 9.98. The molecule has 4 aromatic rings. The molecule has 0 bridgehead atoms. The Morgan fingerprint density at radius 1 is 0.962 bits per heavy atom. The number of fused-ring (bicyclic) bond motifs is 1. The molecular formula is C23H23N3. The quantitative estimate of drug-likeness (QED) is 0.526. The molecule has 0 spiro atoms. The first-order valence-electron chi connectivity index (χ1n) is 9.04. The summed E-state index contributed by atoms with van der Waals surface area (Å²) in [5.74, 6) is 1.29. The highest BCUT2D eigenvalue weighted by atomic mass is 15.1. The largest absolute Gasteiger partial charge is 0.366 e. The number of hydrogen-bond acceptors (Lipinski definition) is 2. The number of benzene rings is 2. The number of hydrogen-bond donors (Lipinski definition) is 1. The Kier molecular flexibility index (Phi) is 4.44. The number of anilines is 1. The van der Waals surface area contributed by atoms with Crippen LogP contribution in [-0.4, -0.2) is 9.38 Å². The molecule has 0 fully saturated rings. The molecule has 0 radical (unpaired) electrons. The molecule has 0 aliphatic carbocycles. The average Bonchev–Trinajstić information content (AvgIpc) is 3.04. The molecule has 1 atom stereocenters. The molecular weight excluding hydrogens is 318 g/mol. The minimum absolute atomic E-state index is 0.217. The topological polar surface area (TPSA) is 29.3 Å². The number of pyridine rings is 1. The Balaban J connectivity index is 1.75. The van der Waals surface area contributed by atoms with Gasteiger partial charge < -0.3 is 5.32 Å². The van der Waals surface area contributed by atoms with Crippen LogP contribution in [0.4, 0.5) is 5.82 Å². The van der Waals surface area contributed by atoms with Gasteiger partial charge in [-0.15, -0.1) is 0 Å². The first-order valence-corrected chi connectivity index (χ1v) is 9.04. The van der Waals surface area contributed by atoms with Crippen molar-refractivity contribution in [1.29, 1.82) is 0 Å². The molecule has 0 amide bonds. The zero-order chi connectivity index (χ0) is 17.9. The fourth-order valence-electron chi connectivity index (χ4n) is 3.32. The maximum Gasteiger partial charge on any atom is 0.138 e. The second-order valence-electron chi connectivity index (χ2n) is 6.75. The number of aryl methyl sites for hydroxylation is 1. The summed E-state index contributed by atoms with van der Waals surface area (Å²) in [5, 5.41) is 3.62. The van der Waals surface area contributed by atoms with E-state index in [2.05, 4.69) is 96.5 Å². The van der Waals surface area contributed by atoms with E-state index in [1.54, 1.807) is 0 Å². The number of nitrogens with zero attached hydrogens (tertiary/aromatic N) is 2. The minimum atomic E-state index is 0.217. The standard InChI is InChI=1S/C23H23N3/c1-17-13-14-26-21(15-17)25-22(18(2)20-11-7-4-8-12-20)23(26)24-16-19-9-5-3-6-10-19/h3-15,18,24H,16H2,1-2H3. The van der Waals surface area contributed by atoms with Crippen molar-refractivity contribution in [1.82, 2.24) is 9.38 Å². The smallest absolute Gasteiger partial charge is 0.138 e. The van der Waals surface area contributed by atoms with Crippen LogP contribution < -0.4 is 5.32 Å². The van der Waals surface area contributed by atoms with Crippen molar-refractivity contribution in [3.63, 3.8) is 0 Å². The first-order chi connectivity index (χ1) is 12.7. The van der Waals surface area contributed by atoms with E-state index in [-0.39, 0.29) is 5.92 Å². The van der Waals surface area contributed by atoms with Crippen LogP contribution in [0.25, 0.3) is 5.65 Å². The van der Waals surface area contributed by atoms with E-state index in [0.717, 1.165) is 23.7 Å². The molecule has 0 saturated carbocycles. The van der Waals surface area contributed by atoms with Crippen LogP contribution in [0.2, 0.25) is 0 Å². The Morgan fingerprint density at radius 3 is 2.38 bits per heavy atom. The fourth-order valence-corrected chi connectivity index (χ4v) is 3.32. The van der Waals surface area contributed by atoms with Crippen molar-refractivity contribution in [3.8, 4) is 0 Å². The van der Waals surface area contributed by atoms with Gasteiger partial charge in [-0.3, -0.25) is 4.40 Å². The third kappa shape index (κ3) is 3.21. The Labute approximate surface area is 154 Å². The van der Waals surface area contributed by atoms with E-state index >= 15 is 0 Å². The van der Waals surface area contributed by atoms with Gasteiger partial charge in [0.2, 0.25) is 0 Å². The monoisotopic (exact) mass is 341 g/mol. The van der Waals surface area contributed by atoms with Crippen LogP contribution in [0.5, 0.6) is 0 Å². The number of nitrogens with one attached hydrogen (secondary N) is 1. The Bertz CT molecular complexity index is 1000. The van der Waals surface area contributed by atoms with E-state index in [9.17, 15) is 0 Å². The highest BCUT2D eigenvalue weighted by molar-refractivity contribution is 5.58. The van der Waals surface area contributed by atoms with Crippen molar-refractivity contribution in [2.24, 2.45) is 0 Å². The zero-order valence-corrected chi connectivity index (χ0v) is 15.2. The second kappa shape index (κ2) is 7.04. The third-order valence-electron chi connectivity index (χ3n) is 4.82. The Hall–Kier alpha value is -3.07. The lowest BCUT2D eigenvalue weighted by molar-refractivity contribution is 0.882. The molecule has 2 aromatic carbocycles. The van der Waals surface area contributed by atoms with Gasteiger partial charge in [0.15, 0.2) is 0 Å². The van der Waals surface area contributed by atoms with Gasteiger partial charge in [-0.2, -0.15) is 0 Å². The van der Waals surface area contributed by atoms with Gasteiger partial charge >= 0.3 is 0 Å². The summed E-state index contributed by atoms with van der Waals surface area (Å²) in [4.78, 5) is 4.96. The predicted molar refractivity (Wildman–Crippen MR) is 108 cm³/mol. The second-order valence-corrected chi connectivity index (χ2v) is 6.75. The van der Waals surface area contributed by atoms with Crippen molar-refractivity contribution in [2.75, 3.05) is 5.32 Å². The highest BCUT2D eigenvalue weighted by Crippen LogP contribution is 2.31. The SMILES string of the molecule is Cc1ccn2c(NCc3ccccc3)c(C(C)c3ccccc3)nc2c1. The van der Waals surface area contributed by atoms with E-state index in [4.69, 9.17) is 4.98 Å². The molecule has 0 aliphatic heterocycles. The van der Waals surface area contributed by atoms with Gasteiger partial charge in [-0.05, 0) is 35.7 Å². The van der Waals surface area contributed by atoms with Crippen LogP contribution >= 0.6 is 0 Å². The van der Waals surface area contributed by atoms with Gasteiger partial charge in [0.1, 0.15) is 11.5 Å². The molecule has 26 heavy (non-hydrogen) atoms. The van der Waals surface area contributed by atoms with Gasteiger partial charge in [-0.1, -0.05) is 67.6 Å². The molecule has 2 aromatic heterocycles. The normalized spacial score (nSPS) is 12.2. The summed E-state index contributed by atoms with van der Waals surface area (Å²) in [6.07, 6.45) is 2.10. The predicted octanol–water partition coefficient (Wildman–Crippen LogP) is 5.41. The van der Waals surface area contributed by atoms with Crippen LogP contribution in [-0.2, 0) is 6.54 Å². The average molecular weight is 341 g/mol. The molecule has 4 rings (SSSR count). The molecule has 0 saturated heterocycles. The van der Waals surface area contributed by atoms with E-state index < -0.39 is 0 Å². The highest BCUT2D eigenvalue weighted by Gasteiger charge is 2.19. The minimum Gasteiger partial charge on any atom is -0.366 e. The molecule has 1 N–H and O–H groups in total. The zero-order valence-electron chi connectivity index (χ0n) is 15.2. The number of rotatable bonds is 5. The van der Waals surface area contributed by atoms with Crippen LogP contribution in [0.3, 0.4) is 0 Å². The van der Waals surface area contributed by atoms with Crippen LogP contribution in [0.1, 0.15) is 35.2 Å². The molecule has 2 heterocycles. The van der Waals surface area contributed by atoms with Crippen LogP contribution in [0.15, 0.2) is 79.0 Å². The molecule has 1 unspecified atom stereocenters. The maximum absolute atomic E-state index is 4.96. The van der Waals surface area contributed by atoms with Gasteiger partial charge in [0, 0.05) is 18.7 Å². The lowest BCUT2D eigenvalue weighted by Gasteiger charge is -2.14. The van der Waals surface area contributed by atoms with Crippen molar-refractivity contribution in [3.05, 3.63) is 101 Å². The fraction of sp³-hybridized carbons (Fsp3) is 0.174. The molecule has 3 heteroatoms. The van der Waals surface area contributed by atoms with E-state index in [0.29, 0.717) is 0 Å². The van der Waals surface area contributed by atoms with Gasteiger partial charge in [0.25, 0.3) is 0 Å². The van der Waals surface area contributed by atoms with Crippen molar-refractivity contribution in [2.45, 2.75) is 26.3 Å². The van der Waals surface area contributed by atoms with Gasteiger partial charge in [-0.25, -0.2) is 4.98 Å². The summed E-state index contributed by atoms with van der Waals surface area (Å²) in [6.45, 7) is 5.10.